The van der Waals surface area contributed by atoms with Crippen molar-refractivity contribution in [3.8, 4) is 5.75 Å². The van der Waals surface area contributed by atoms with Crippen LogP contribution in [0.15, 0.2) is 66.8 Å². The van der Waals surface area contributed by atoms with Crippen LogP contribution in [0.5, 0.6) is 5.75 Å². The van der Waals surface area contributed by atoms with Crippen molar-refractivity contribution in [3.63, 3.8) is 0 Å². The number of aryl methyl sites for hydroxylation is 1. The Kier molecular flexibility index (Phi) is 6.01. The first-order chi connectivity index (χ1) is 17.3. The molecule has 1 amide bonds. The van der Waals surface area contributed by atoms with Gasteiger partial charge >= 0.3 is 0 Å². The van der Waals surface area contributed by atoms with E-state index < -0.39 is 22.7 Å². The third-order valence-corrected chi connectivity index (χ3v) is 6.48. The van der Waals surface area contributed by atoms with Gasteiger partial charge in [-0.3, -0.25) is 19.7 Å². The molecule has 0 radical (unpaired) electrons. The van der Waals surface area contributed by atoms with Crippen molar-refractivity contribution >= 4 is 23.1 Å². The number of aliphatic hydroxyl groups is 1. The zero-order valence-corrected chi connectivity index (χ0v) is 19.5. The number of fused-ring (bicyclic) bond motifs is 1. The molecule has 3 aromatic rings. The topological polar surface area (TPSA) is 128 Å². The van der Waals surface area contributed by atoms with Gasteiger partial charge in [-0.15, -0.1) is 0 Å². The molecule has 0 saturated carbocycles. The van der Waals surface area contributed by atoms with Gasteiger partial charge < -0.3 is 19.3 Å². The van der Waals surface area contributed by atoms with Gasteiger partial charge in [-0.05, 0) is 42.7 Å². The monoisotopic (exact) mass is 488 g/mol. The minimum atomic E-state index is -0.962. The molecule has 184 valence electrons. The average molecular weight is 489 g/mol. The Morgan fingerprint density at radius 3 is 2.81 bits per heavy atom. The number of nitrogens with zero attached hydrogens (tertiary/aromatic N) is 4. The first-order valence-corrected chi connectivity index (χ1v) is 11.6. The number of benzene rings is 2. The quantitative estimate of drug-likeness (QED) is 0.177. The summed E-state index contributed by atoms with van der Waals surface area (Å²) in [6.45, 7) is 2.72. The van der Waals surface area contributed by atoms with E-state index >= 15 is 0 Å². The molecule has 2 aliphatic rings. The Labute approximate surface area is 206 Å². The Morgan fingerprint density at radius 2 is 2.06 bits per heavy atom. The number of nitro groups is 1. The van der Waals surface area contributed by atoms with E-state index in [4.69, 9.17) is 4.74 Å². The molecule has 5 rings (SSSR count). The van der Waals surface area contributed by atoms with Gasteiger partial charge in [0.1, 0.15) is 17.6 Å². The minimum Gasteiger partial charge on any atom is -0.507 e. The summed E-state index contributed by atoms with van der Waals surface area (Å²) in [5.41, 5.74) is 1.41. The lowest BCUT2D eigenvalue weighted by atomic mass is 9.94. The smallest absolute Gasteiger partial charge is 0.295 e. The highest BCUT2D eigenvalue weighted by atomic mass is 16.6. The summed E-state index contributed by atoms with van der Waals surface area (Å²) in [7, 11) is 0. The maximum atomic E-state index is 13.2. The molecule has 3 heterocycles. The zero-order chi connectivity index (χ0) is 25.4. The Hall–Kier alpha value is -4.47. The first-order valence-electron chi connectivity index (χ1n) is 11.6. The van der Waals surface area contributed by atoms with Gasteiger partial charge in [-0.25, -0.2) is 4.98 Å². The predicted molar refractivity (Wildman–Crippen MR) is 129 cm³/mol. The van der Waals surface area contributed by atoms with Crippen molar-refractivity contribution in [3.05, 3.63) is 93.6 Å². The van der Waals surface area contributed by atoms with Gasteiger partial charge in [0, 0.05) is 49.6 Å². The summed E-state index contributed by atoms with van der Waals surface area (Å²) < 4.78 is 7.58. The molecule has 10 nitrogen and oxygen atoms in total. The van der Waals surface area contributed by atoms with Crippen LogP contribution in [0.1, 0.15) is 36.1 Å². The largest absolute Gasteiger partial charge is 0.507 e. The molecule has 0 spiro atoms. The third-order valence-electron chi connectivity index (χ3n) is 6.48. The second-order valence-electron chi connectivity index (χ2n) is 8.95. The number of amides is 1. The van der Waals surface area contributed by atoms with Crippen molar-refractivity contribution in [2.24, 2.45) is 0 Å². The number of aliphatic hydroxyl groups excluding tert-OH is 1. The molecule has 1 N–H and O–H groups in total. The number of rotatable bonds is 7. The van der Waals surface area contributed by atoms with Crippen molar-refractivity contribution in [2.75, 3.05) is 6.54 Å². The molecule has 2 atom stereocenters. The van der Waals surface area contributed by atoms with Crippen LogP contribution in [0.2, 0.25) is 0 Å². The maximum absolute atomic E-state index is 13.2. The molecule has 2 aromatic carbocycles. The fourth-order valence-electron chi connectivity index (χ4n) is 4.83. The SMILES string of the molecule is C[C@@H]1Cc2cc(/C(O)=C3\C(=O)C(=O)N(CCCn4ccnc4)[C@@H]3c3cccc([N+](=O)[O-])c3)ccc2O1. The highest BCUT2D eigenvalue weighted by Crippen LogP contribution is 2.41. The predicted octanol–water partition coefficient (Wildman–Crippen LogP) is 3.63. The molecule has 0 aliphatic carbocycles. The van der Waals surface area contributed by atoms with Crippen LogP contribution in [0.4, 0.5) is 5.69 Å². The summed E-state index contributed by atoms with van der Waals surface area (Å²) >= 11 is 0. The van der Waals surface area contributed by atoms with E-state index in [9.17, 15) is 24.8 Å². The molecule has 36 heavy (non-hydrogen) atoms. The van der Waals surface area contributed by atoms with E-state index in [1.54, 1.807) is 43.0 Å². The number of aromatic nitrogens is 2. The summed E-state index contributed by atoms with van der Waals surface area (Å²) in [5.74, 6) is -1.17. The fraction of sp³-hybridized carbons (Fsp3) is 0.269. The molecule has 1 fully saturated rings. The van der Waals surface area contributed by atoms with Crippen molar-refractivity contribution in [1.82, 2.24) is 14.5 Å². The number of carbonyl (C=O) groups excluding carboxylic acids is 2. The molecule has 0 bridgehead atoms. The summed E-state index contributed by atoms with van der Waals surface area (Å²) in [5, 5.41) is 22.7. The van der Waals surface area contributed by atoms with E-state index in [-0.39, 0.29) is 29.7 Å². The number of carbonyl (C=O) groups is 2. The normalized spacial score (nSPS) is 20.4. The van der Waals surface area contributed by atoms with E-state index in [1.165, 1.54) is 23.1 Å². The molecule has 1 saturated heterocycles. The lowest BCUT2D eigenvalue weighted by molar-refractivity contribution is -0.384. The number of hydrogen-bond acceptors (Lipinski definition) is 7. The maximum Gasteiger partial charge on any atom is 0.295 e. The summed E-state index contributed by atoms with van der Waals surface area (Å²) in [4.78, 5) is 42.6. The number of ketones is 1. The summed E-state index contributed by atoms with van der Waals surface area (Å²) in [6.07, 6.45) is 6.28. The van der Waals surface area contributed by atoms with Gasteiger partial charge in [0.05, 0.1) is 22.9 Å². The fourth-order valence-corrected chi connectivity index (χ4v) is 4.83. The molecule has 0 unspecified atom stereocenters. The lowest BCUT2D eigenvalue weighted by Crippen LogP contribution is -2.31. The summed E-state index contributed by atoms with van der Waals surface area (Å²) in [6, 6.07) is 9.98. The molecule has 1 aromatic heterocycles. The van der Waals surface area contributed by atoms with E-state index in [0.717, 1.165) is 5.56 Å². The molecule has 2 aliphatic heterocycles. The van der Waals surface area contributed by atoms with E-state index in [1.807, 2.05) is 11.5 Å². The Balaban J connectivity index is 1.56. The number of likely N-dealkylation sites (tertiary alicyclic amines) is 1. The second-order valence-corrected chi connectivity index (χ2v) is 8.95. The van der Waals surface area contributed by atoms with Gasteiger partial charge in [-0.1, -0.05) is 12.1 Å². The van der Waals surface area contributed by atoms with Crippen LogP contribution in [-0.2, 0) is 22.6 Å². The van der Waals surface area contributed by atoms with Crippen LogP contribution in [0, 0.1) is 10.1 Å². The van der Waals surface area contributed by atoms with Crippen LogP contribution >= 0.6 is 0 Å². The van der Waals surface area contributed by atoms with Crippen molar-refractivity contribution in [1.29, 1.82) is 0 Å². The number of ether oxygens (including phenoxy) is 1. The van der Waals surface area contributed by atoms with Crippen LogP contribution in [0.3, 0.4) is 0 Å². The molecule has 10 heteroatoms. The molecular formula is C26H24N4O6. The molecular weight excluding hydrogens is 464 g/mol. The van der Waals surface area contributed by atoms with Crippen molar-refractivity contribution < 1.29 is 24.4 Å². The number of non-ortho nitro benzene ring substituents is 1. The Morgan fingerprint density at radius 1 is 1.22 bits per heavy atom. The number of Topliss-reactive ketones (excluding diaryl/α,β-unsaturated/α-hetero) is 1. The van der Waals surface area contributed by atoms with Crippen LogP contribution in [0.25, 0.3) is 5.76 Å². The van der Waals surface area contributed by atoms with Crippen molar-refractivity contribution in [2.45, 2.75) is 38.5 Å². The standard InChI is InChI=1S/C26H24N4O6/c1-16-12-19-13-18(6-7-21(19)36-16)24(31)22-23(17-4-2-5-20(14-17)30(34)35)29(26(33)25(22)32)10-3-9-28-11-8-27-15-28/h2,4-8,11,13-16,23,31H,3,9-10,12H2,1H3/b24-22+/t16-,23-/m1/s1. The number of hydrogen-bond donors (Lipinski definition) is 1. The first kappa shape index (κ1) is 23.3. The Bertz CT molecular complexity index is 1380. The van der Waals surface area contributed by atoms with Crippen LogP contribution < -0.4 is 4.74 Å². The van der Waals surface area contributed by atoms with Crippen LogP contribution in [-0.4, -0.2) is 48.8 Å². The van der Waals surface area contributed by atoms with E-state index in [0.29, 0.717) is 36.3 Å². The van der Waals surface area contributed by atoms with Gasteiger partial charge in [0.15, 0.2) is 0 Å². The van der Waals surface area contributed by atoms with Gasteiger partial charge in [-0.2, -0.15) is 0 Å². The minimum absolute atomic E-state index is 0.00309. The van der Waals surface area contributed by atoms with Gasteiger partial charge in [0.25, 0.3) is 17.4 Å². The number of nitro benzene ring substituents is 1. The van der Waals surface area contributed by atoms with E-state index in [2.05, 4.69) is 4.98 Å². The average Bonchev–Trinajstić information content (AvgIpc) is 3.57. The third kappa shape index (κ3) is 4.21. The lowest BCUT2D eigenvalue weighted by Gasteiger charge is -2.25. The zero-order valence-electron chi connectivity index (χ0n) is 19.5. The highest BCUT2D eigenvalue weighted by Gasteiger charge is 2.46. The number of imidazole rings is 1. The van der Waals surface area contributed by atoms with Gasteiger partial charge in [0.2, 0.25) is 0 Å². The second kappa shape index (κ2) is 9.29. The highest BCUT2D eigenvalue weighted by molar-refractivity contribution is 6.46.